The van der Waals surface area contributed by atoms with Gasteiger partial charge in [-0.3, -0.25) is 14.6 Å². The van der Waals surface area contributed by atoms with Crippen molar-refractivity contribution in [2.24, 2.45) is 0 Å². The number of aryl methyl sites for hydroxylation is 1. The molecule has 2 atom stereocenters. The van der Waals surface area contributed by atoms with E-state index >= 15 is 0 Å². The third-order valence-electron chi connectivity index (χ3n) is 6.10. The van der Waals surface area contributed by atoms with Gasteiger partial charge in [0.15, 0.2) is 11.5 Å². The summed E-state index contributed by atoms with van der Waals surface area (Å²) < 4.78 is 16.3. The highest BCUT2D eigenvalue weighted by atomic mass is 16.5. The molecule has 0 aliphatic carbocycles. The smallest absolute Gasteiger partial charge is 0.254 e. The molecule has 2 amide bonds. The number of hydrogen-bond acceptors (Lipinski definition) is 6. The van der Waals surface area contributed by atoms with Crippen molar-refractivity contribution in [3.63, 3.8) is 0 Å². The van der Waals surface area contributed by atoms with Crippen LogP contribution < -0.4 is 19.5 Å². The van der Waals surface area contributed by atoms with E-state index in [1.807, 2.05) is 31.2 Å². The molecule has 8 heteroatoms. The van der Waals surface area contributed by atoms with Crippen molar-refractivity contribution in [2.75, 3.05) is 33.7 Å². The van der Waals surface area contributed by atoms with Crippen molar-refractivity contribution in [1.29, 1.82) is 0 Å². The Kier molecular flexibility index (Phi) is 6.40. The number of methoxy groups -OCH3 is 3. The van der Waals surface area contributed by atoms with E-state index in [9.17, 15) is 9.59 Å². The van der Waals surface area contributed by atoms with Crippen molar-refractivity contribution < 1.29 is 23.8 Å². The van der Waals surface area contributed by atoms with Crippen LogP contribution in [0.1, 0.15) is 39.0 Å². The van der Waals surface area contributed by atoms with Gasteiger partial charge >= 0.3 is 0 Å². The normalized spacial score (nSPS) is 17.1. The van der Waals surface area contributed by atoms with Crippen LogP contribution >= 0.6 is 0 Å². The van der Waals surface area contributed by atoms with Crippen LogP contribution in [0.4, 0.5) is 5.69 Å². The first-order valence-corrected chi connectivity index (χ1v) is 10.8. The zero-order chi connectivity index (χ0) is 24.4. The molecule has 2 heterocycles. The molecular weight excluding hydrogens is 434 g/mol. The lowest BCUT2D eigenvalue weighted by Gasteiger charge is -2.40. The van der Waals surface area contributed by atoms with Gasteiger partial charge in [-0.05, 0) is 53.9 Å². The maximum absolute atomic E-state index is 13.9. The van der Waals surface area contributed by atoms with E-state index in [-0.39, 0.29) is 11.8 Å². The van der Waals surface area contributed by atoms with Crippen molar-refractivity contribution in [3.05, 3.63) is 77.1 Å². The number of aromatic nitrogens is 1. The van der Waals surface area contributed by atoms with Gasteiger partial charge in [0.05, 0.1) is 39.0 Å². The molecule has 1 N–H and O–H groups in total. The fraction of sp³-hybridized carbons (Fsp3) is 0.269. The average Bonchev–Trinajstić information content (AvgIpc) is 2.85. The van der Waals surface area contributed by atoms with E-state index < -0.39 is 12.0 Å². The molecule has 1 aromatic heterocycles. The third kappa shape index (κ3) is 4.03. The number of anilines is 1. The minimum Gasteiger partial charge on any atom is -0.495 e. The molecular formula is C26H27N3O5. The van der Waals surface area contributed by atoms with Crippen LogP contribution in [0.2, 0.25) is 0 Å². The summed E-state index contributed by atoms with van der Waals surface area (Å²) in [6.45, 7) is 1.94. The summed E-state index contributed by atoms with van der Waals surface area (Å²) in [4.78, 5) is 33.1. The average molecular weight is 462 g/mol. The number of carbonyl (C=O) groups is 2. The molecule has 0 radical (unpaired) electrons. The zero-order valence-electron chi connectivity index (χ0n) is 19.8. The van der Waals surface area contributed by atoms with Crippen LogP contribution in [0, 0.1) is 6.92 Å². The predicted octanol–water partition coefficient (Wildman–Crippen LogP) is 3.97. The highest BCUT2D eigenvalue weighted by Gasteiger charge is 2.44. The second-order valence-corrected chi connectivity index (χ2v) is 8.11. The Hall–Kier alpha value is -4.07. The van der Waals surface area contributed by atoms with Crippen molar-refractivity contribution >= 4 is 17.5 Å². The number of ether oxygens (including phenoxy) is 3. The third-order valence-corrected chi connectivity index (χ3v) is 6.10. The number of fused-ring (bicyclic) bond motifs is 1. The first-order valence-electron chi connectivity index (χ1n) is 10.8. The first-order chi connectivity index (χ1) is 16.4. The Balaban J connectivity index is 1.89. The van der Waals surface area contributed by atoms with Crippen molar-refractivity contribution in [3.8, 4) is 17.2 Å². The molecule has 0 saturated heterocycles. The maximum Gasteiger partial charge on any atom is 0.254 e. The van der Waals surface area contributed by atoms with E-state index in [4.69, 9.17) is 14.2 Å². The number of amides is 2. The van der Waals surface area contributed by atoms with Gasteiger partial charge in [-0.1, -0.05) is 12.1 Å². The topological polar surface area (TPSA) is 90.0 Å². The summed E-state index contributed by atoms with van der Waals surface area (Å²) in [7, 11) is 6.27. The second kappa shape index (κ2) is 9.43. The Morgan fingerprint density at radius 2 is 1.71 bits per heavy atom. The van der Waals surface area contributed by atoms with Gasteiger partial charge in [-0.2, -0.15) is 0 Å². The summed E-state index contributed by atoms with van der Waals surface area (Å²) in [6.07, 6.45) is 3.33. The van der Waals surface area contributed by atoms with Crippen molar-refractivity contribution in [2.45, 2.75) is 18.9 Å². The summed E-state index contributed by atoms with van der Waals surface area (Å²) >= 11 is 0. The van der Waals surface area contributed by atoms with Crippen LogP contribution in [0.25, 0.3) is 0 Å². The van der Waals surface area contributed by atoms with Gasteiger partial charge in [0, 0.05) is 25.0 Å². The van der Waals surface area contributed by atoms with Gasteiger partial charge in [-0.15, -0.1) is 0 Å². The van der Waals surface area contributed by atoms with Crippen LogP contribution in [0.3, 0.4) is 0 Å². The van der Waals surface area contributed by atoms with Gasteiger partial charge in [0.1, 0.15) is 5.75 Å². The molecule has 2 unspecified atom stereocenters. The highest BCUT2D eigenvalue weighted by molar-refractivity contribution is 6.05. The Morgan fingerprint density at radius 1 is 1.00 bits per heavy atom. The van der Waals surface area contributed by atoms with Crippen LogP contribution in [-0.4, -0.2) is 50.1 Å². The van der Waals surface area contributed by atoms with E-state index in [0.29, 0.717) is 34.1 Å². The van der Waals surface area contributed by atoms with Crippen molar-refractivity contribution in [1.82, 2.24) is 9.88 Å². The minimum absolute atomic E-state index is 0.220. The SMILES string of the molecule is COc1ccc(C)cc1NC(=O)C1c2cc(OC)c(OC)cc2C(=O)N(C)C1c1cccnc1. The fourth-order valence-corrected chi connectivity index (χ4v) is 4.43. The standard InChI is InChI=1S/C26H27N3O5/c1-15-8-9-20(32-3)19(11-15)28-25(30)23-17-12-21(33-4)22(34-5)13-18(17)26(31)29(2)24(23)16-7-6-10-27-14-16/h6-14,23-24H,1-5H3,(H,28,30). The molecule has 0 fully saturated rings. The number of pyridine rings is 1. The molecule has 0 saturated carbocycles. The van der Waals surface area contributed by atoms with E-state index in [0.717, 1.165) is 11.1 Å². The molecule has 0 spiro atoms. The van der Waals surface area contributed by atoms with Gasteiger partial charge < -0.3 is 24.4 Å². The molecule has 1 aliphatic heterocycles. The highest BCUT2D eigenvalue weighted by Crippen LogP contribution is 2.46. The van der Waals surface area contributed by atoms with E-state index in [1.165, 1.54) is 14.2 Å². The predicted molar refractivity (Wildman–Crippen MR) is 128 cm³/mol. The van der Waals surface area contributed by atoms with E-state index in [1.54, 1.807) is 49.7 Å². The molecule has 8 nitrogen and oxygen atoms in total. The summed E-state index contributed by atoms with van der Waals surface area (Å²) in [5.74, 6) is 0.154. The first kappa shape index (κ1) is 23.1. The summed E-state index contributed by atoms with van der Waals surface area (Å²) in [6, 6.07) is 12.0. The quantitative estimate of drug-likeness (QED) is 0.598. The van der Waals surface area contributed by atoms with Crippen LogP contribution in [0.5, 0.6) is 17.2 Å². The lowest BCUT2D eigenvalue weighted by atomic mass is 9.79. The lowest BCUT2D eigenvalue weighted by molar-refractivity contribution is -0.119. The van der Waals surface area contributed by atoms with E-state index in [2.05, 4.69) is 10.3 Å². The molecule has 4 rings (SSSR count). The van der Waals surface area contributed by atoms with Gasteiger partial charge in [0.25, 0.3) is 5.91 Å². The molecule has 34 heavy (non-hydrogen) atoms. The number of likely N-dealkylation sites (N-methyl/N-ethyl adjacent to an activating group) is 1. The number of rotatable bonds is 6. The largest absolute Gasteiger partial charge is 0.495 e. The number of carbonyl (C=O) groups excluding carboxylic acids is 2. The van der Waals surface area contributed by atoms with Crippen LogP contribution in [0.15, 0.2) is 54.9 Å². The Labute approximate surface area is 198 Å². The molecule has 176 valence electrons. The second-order valence-electron chi connectivity index (χ2n) is 8.11. The number of nitrogens with one attached hydrogen (secondary N) is 1. The minimum atomic E-state index is -0.744. The van der Waals surface area contributed by atoms with Gasteiger partial charge in [0.2, 0.25) is 5.91 Å². The number of hydrogen-bond donors (Lipinski definition) is 1. The fourth-order valence-electron chi connectivity index (χ4n) is 4.43. The van der Waals surface area contributed by atoms with Gasteiger partial charge in [-0.25, -0.2) is 0 Å². The molecule has 1 aliphatic rings. The Bertz CT molecular complexity index is 1230. The monoisotopic (exact) mass is 461 g/mol. The molecule has 0 bridgehead atoms. The lowest BCUT2D eigenvalue weighted by Crippen LogP contribution is -2.44. The zero-order valence-corrected chi connectivity index (χ0v) is 19.8. The summed E-state index contributed by atoms with van der Waals surface area (Å²) in [5.41, 5.74) is 3.21. The maximum atomic E-state index is 13.9. The molecule has 3 aromatic rings. The van der Waals surface area contributed by atoms with Crippen LogP contribution in [-0.2, 0) is 4.79 Å². The number of benzene rings is 2. The molecule has 2 aromatic carbocycles. The Morgan fingerprint density at radius 3 is 2.35 bits per heavy atom. The summed E-state index contributed by atoms with van der Waals surface area (Å²) in [5, 5.41) is 3.02. The number of nitrogens with zero attached hydrogens (tertiary/aromatic N) is 2.